The SMILES string of the molecule is CC(C)(C)[Si](C)(C)Oc1ccc(N)nc1.CC(C)(C)[Si](C)(C)Oc1ccc(NC(=O)CC2CCN(c3ccc(Cl)cc3)CC2)nc1.O=C(O)CC1CCN(c2ccc(Cl)cc2)CC1. The van der Waals surface area contributed by atoms with Crippen molar-refractivity contribution >= 4 is 74.7 Å². The monoisotopic (exact) mass is 936 g/mol. The molecule has 4 heterocycles. The van der Waals surface area contributed by atoms with Gasteiger partial charge in [-0.05, 0) is 147 Å². The number of aliphatic carboxylic acids is 1. The van der Waals surface area contributed by atoms with Crippen LogP contribution in [-0.4, -0.2) is 69.8 Å². The number of benzene rings is 2. The largest absolute Gasteiger partial charge is 0.542 e. The number of carboxylic acid groups (broad SMARTS) is 1. The number of carbonyl (C=O) groups is 2. The van der Waals surface area contributed by atoms with Crippen LogP contribution in [0.3, 0.4) is 0 Å². The van der Waals surface area contributed by atoms with Crippen LogP contribution in [0.1, 0.15) is 80.1 Å². The first kappa shape index (κ1) is 51.3. The lowest BCUT2D eigenvalue weighted by atomic mass is 9.93. The van der Waals surface area contributed by atoms with E-state index in [1.165, 1.54) is 11.4 Å². The maximum atomic E-state index is 12.5. The van der Waals surface area contributed by atoms with Crippen molar-refractivity contribution in [2.45, 2.75) is 116 Å². The highest BCUT2D eigenvalue weighted by atomic mass is 35.5. The number of rotatable bonds is 11. The van der Waals surface area contributed by atoms with Crippen molar-refractivity contribution in [1.82, 2.24) is 9.97 Å². The van der Waals surface area contributed by atoms with Crippen molar-refractivity contribution in [3.63, 3.8) is 0 Å². The molecule has 2 aromatic heterocycles. The molecule has 2 saturated heterocycles. The number of nitrogens with one attached hydrogen (secondary N) is 1. The summed E-state index contributed by atoms with van der Waals surface area (Å²) < 4.78 is 12.3. The highest BCUT2D eigenvalue weighted by Gasteiger charge is 2.40. The molecule has 2 aliphatic heterocycles. The van der Waals surface area contributed by atoms with Gasteiger partial charge in [-0.25, -0.2) is 9.97 Å². The molecule has 0 spiro atoms. The third-order valence-electron chi connectivity index (χ3n) is 12.7. The van der Waals surface area contributed by atoms with Crippen LogP contribution < -0.4 is 29.7 Å². The predicted molar refractivity (Wildman–Crippen MR) is 267 cm³/mol. The lowest BCUT2D eigenvalue weighted by molar-refractivity contribution is -0.138. The lowest BCUT2D eigenvalue weighted by Gasteiger charge is -2.36. The standard InChI is InChI=1S/C24H34ClN3O2Si.C13H16ClNO2.C11H20N2OSi/c1-24(2,3)31(4,5)30-21-10-11-22(26-17-21)27-23(29)16-18-12-14-28(15-13-18)20-8-6-19(25)7-9-20;14-11-1-3-12(4-2-11)15-7-5-10(6-8-15)9-13(16)17;1-11(2,3)15(4,5)14-9-6-7-10(12)13-8-9/h6-11,17-18H,12-16H2,1-5H3,(H,26,27,29);1-4,10H,5-9H2,(H,16,17);6-8H,1-5H3,(H2,12,13). The Morgan fingerprint density at radius 2 is 1.06 bits per heavy atom. The smallest absolute Gasteiger partial charge is 0.303 e. The van der Waals surface area contributed by atoms with Gasteiger partial charge in [-0.2, -0.15) is 0 Å². The molecule has 2 aliphatic rings. The summed E-state index contributed by atoms with van der Waals surface area (Å²) in [5.74, 6) is 2.74. The second-order valence-corrected chi connectivity index (χ2v) is 30.0. The molecule has 0 atom stereocenters. The minimum atomic E-state index is -1.90. The Morgan fingerprint density at radius 3 is 1.41 bits per heavy atom. The predicted octanol–water partition coefficient (Wildman–Crippen LogP) is 12.4. The van der Waals surface area contributed by atoms with E-state index in [1.807, 2.05) is 54.6 Å². The third kappa shape index (κ3) is 16.6. The molecule has 6 rings (SSSR count). The molecule has 2 fully saturated rings. The van der Waals surface area contributed by atoms with Gasteiger partial charge >= 0.3 is 5.97 Å². The summed E-state index contributed by atoms with van der Waals surface area (Å²) in [4.78, 5) is 36.2. The van der Waals surface area contributed by atoms with Crippen molar-refractivity contribution < 1.29 is 23.5 Å². The molecule has 1 amide bonds. The number of carboxylic acids is 1. The first-order chi connectivity index (χ1) is 29.4. The number of anilines is 4. The molecule has 0 radical (unpaired) electrons. The highest BCUT2D eigenvalue weighted by molar-refractivity contribution is 6.75. The Kier molecular flexibility index (Phi) is 18.4. The van der Waals surface area contributed by atoms with Gasteiger partial charge in [0.25, 0.3) is 16.6 Å². The van der Waals surface area contributed by atoms with E-state index >= 15 is 0 Å². The number of amides is 1. The Bertz CT molecular complexity index is 2030. The molecule has 0 bridgehead atoms. The molecule has 4 N–H and O–H groups in total. The minimum absolute atomic E-state index is 0.0236. The first-order valence-electron chi connectivity index (χ1n) is 22.0. The number of halogens is 2. The third-order valence-corrected chi connectivity index (χ3v) is 21.9. The second-order valence-electron chi connectivity index (χ2n) is 19.7. The van der Waals surface area contributed by atoms with Gasteiger partial charge in [-0.3, -0.25) is 9.59 Å². The fourth-order valence-electron chi connectivity index (χ4n) is 6.66. The molecule has 63 heavy (non-hydrogen) atoms. The Balaban J connectivity index is 0.000000229. The summed E-state index contributed by atoms with van der Waals surface area (Å²) in [6.07, 6.45) is 8.14. The summed E-state index contributed by atoms with van der Waals surface area (Å²) in [5, 5.41) is 13.5. The summed E-state index contributed by atoms with van der Waals surface area (Å²) in [6.45, 7) is 25.9. The molecule has 11 nitrogen and oxygen atoms in total. The number of hydrogen-bond acceptors (Lipinski definition) is 9. The van der Waals surface area contributed by atoms with E-state index in [1.54, 1.807) is 18.5 Å². The summed E-state index contributed by atoms with van der Waals surface area (Å²) in [6, 6.07) is 23.1. The zero-order valence-corrected chi connectivity index (χ0v) is 42.5. The molecule has 4 aromatic rings. The van der Waals surface area contributed by atoms with Crippen molar-refractivity contribution in [3.05, 3.63) is 95.2 Å². The molecule has 0 unspecified atom stereocenters. The van der Waals surface area contributed by atoms with Crippen LogP contribution in [-0.2, 0) is 9.59 Å². The molecular weight excluding hydrogens is 868 g/mol. The molecule has 0 saturated carbocycles. The van der Waals surface area contributed by atoms with Gasteiger partial charge in [-0.15, -0.1) is 0 Å². The van der Waals surface area contributed by atoms with Crippen molar-refractivity contribution in [3.8, 4) is 11.5 Å². The maximum absolute atomic E-state index is 12.5. The Morgan fingerprint density at radius 1 is 0.667 bits per heavy atom. The van der Waals surface area contributed by atoms with Crippen LogP contribution in [0.5, 0.6) is 11.5 Å². The number of hydrogen-bond donors (Lipinski definition) is 3. The normalized spacial score (nSPS) is 15.3. The number of nitrogen functional groups attached to an aromatic ring is 1. The average molecular weight is 938 g/mol. The van der Waals surface area contributed by atoms with Gasteiger partial charge < -0.3 is 34.8 Å². The summed E-state index contributed by atoms with van der Waals surface area (Å²) in [5.41, 5.74) is 7.88. The molecule has 2 aromatic carbocycles. The first-order valence-corrected chi connectivity index (χ1v) is 28.6. The van der Waals surface area contributed by atoms with Crippen LogP contribution in [0, 0.1) is 11.8 Å². The number of aromatic nitrogens is 2. The summed E-state index contributed by atoms with van der Waals surface area (Å²) >= 11 is 11.8. The average Bonchev–Trinajstić information content (AvgIpc) is 3.20. The number of carbonyl (C=O) groups excluding carboxylic acids is 1. The van der Waals surface area contributed by atoms with Gasteiger partial charge in [0.05, 0.1) is 12.4 Å². The second kappa shape index (κ2) is 22.5. The van der Waals surface area contributed by atoms with Crippen molar-refractivity contribution in [2.24, 2.45) is 11.8 Å². The van der Waals surface area contributed by atoms with E-state index in [9.17, 15) is 9.59 Å². The van der Waals surface area contributed by atoms with Crippen LogP contribution >= 0.6 is 23.2 Å². The van der Waals surface area contributed by atoms with Crippen LogP contribution in [0.25, 0.3) is 0 Å². The van der Waals surface area contributed by atoms with E-state index in [0.29, 0.717) is 36.3 Å². The molecule has 344 valence electrons. The van der Waals surface area contributed by atoms with Crippen molar-refractivity contribution in [1.29, 1.82) is 0 Å². The van der Waals surface area contributed by atoms with Crippen LogP contribution in [0.15, 0.2) is 85.2 Å². The highest BCUT2D eigenvalue weighted by Crippen LogP contribution is 2.38. The Labute approximate surface area is 388 Å². The lowest BCUT2D eigenvalue weighted by Crippen LogP contribution is -2.43. The topological polar surface area (TPSA) is 143 Å². The molecule has 0 aliphatic carbocycles. The maximum Gasteiger partial charge on any atom is 0.303 e. The van der Waals surface area contributed by atoms with E-state index in [-0.39, 0.29) is 16.0 Å². The van der Waals surface area contributed by atoms with E-state index in [0.717, 1.165) is 73.4 Å². The van der Waals surface area contributed by atoms with Gasteiger partial charge in [0.2, 0.25) is 5.91 Å². The summed E-state index contributed by atoms with van der Waals surface area (Å²) in [7, 11) is -3.64. The van der Waals surface area contributed by atoms with E-state index in [2.05, 4.69) is 105 Å². The zero-order chi connectivity index (χ0) is 46.6. The van der Waals surface area contributed by atoms with Crippen LogP contribution in [0.4, 0.5) is 23.0 Å². The van der Waals surface area contributed by atoms with Gasteiger partial charge in [0, 0.05) is 60.4 Å². The zero-order valence-electron chi connectivity index (χ0n) is 39.0. The number of nitrogens with two attached hydrogens (primary N) is 1. The minimum Gasteiger partial charge on any atom is -0.542 e. The fraction of sp³-hybridized carbons (Fsp3) is 0.500. The van der Waals surface area contributed by atoms with Gasteiger partial charge in [0.15, 0.2) is 0 Å². The fourth-order valence-corrected chi connectivity index (χ4v) is 8.94. The van der Waals surface area contributed by atoms with E-state index < -0.39 is 22.6 Å². The van der Waals surface area contributed by atoms with Gasteiger partial charge in [-0.1, -0.05) is 64.7 Å². The van der Waals surface area contributed by atoms with Crippen LogP contribution in [0.2, 0.25) is 46.3 Å². The quantitative estimate of drug-likeness (QED) is 0.124. The molecule has 15 heteroatoms. The Hall–Kier alpha value is -4.31. The number of nitrogens with zero attached hydrogens (tertiary/aromatic N) is 4. The molecular formula is C48H70Cl2N6O5Si2. The number of piperidine rings is 2. The van der Waals surface area contributed by atoms with Crippen molar-refractivity contribution in [2.75, 3.05) is 47.0 Å². The van der Waals surface area contributed by atoms with Gasteiger partial charge in [0.1, 0.15) is 23.1 Å². The number of pyridine rings is 2. The van der Waals surface area contributed by atoms with E-state index in [4.69, 9.17) is 42.9 Å².